The lowest BCUT2D eigenvalue weighted by Gasteiger charge is -2.29. The minimum absolute atomic E-state index is 0.137. The molecule has 3 heterocycles. The number of carbonyl (C=O) groups excluding carboxylic acids is 1. The predicted octanol–water partition coefficient (Wildman–Crippen LogP) is 2.30. The third-order valence-corrected chi connectivity index (χ3v) is 5.61. The van der Waals surface area contributed by atoms with E-state index < -0.39 is 5.97 Å². The predicted molar refractivity (Wildman–Crippen MR) is 114 cm³/mol. The lowest BCUT2D eigenvalue weighted by molar-refractivity contribution is -0.334. The van der Waals surface area contributed by atoms with E-state index in [2.05, 4.69) is 50.2 Å². The second-order valence-electron chi connectivity index (χ2n) is 7.72. The summed E-state index contributed by atoms with van der Waals surface area (Å²) in [6.45, 7) is 3.96. The molecule has 0 atom stereocenters. The summed E-state index contributed by atoms with van der Waals surface area (Å²) >= 11 is 0. The van der Waals surface area contributed by atoms with E-state index >= 15 is 0 Å². The van der Waals surface area contributed by atoms with Crippen LogP contribution in [0.4, 0.5) is 5.82 Å². The first kappa shape index (κ1) is 20.1. The number of piperidine rings is 1. The maximum absolute atomic E-state index is 12.2. The van der Waals surface area contributed by atoms with Crippen molar-refractivity contribution >= 4 is 23.0 Å². The molecule has 30 heavy (non-hydrogen) atoms. The SMILES string of the molecule is CCOC(=O)Cc1nc2[nH+]c(N3CCC(Cc4ccccc4)CC3)ccc2[nH]c1=O. The number of rotatable bonds is 6. The smallest absolute Gasteiger partial charge is 0.313 e. The number of esters is 1. The Morgan fingerprint density at radius 2 is 1.97 bits per heavy atom. The molecule has 0 amide bonds. The van der Waals surface area contributed by atoms with Crippen molar-refractivity contribution < 1.29 is 14.5 Å². The number of anilines is 1. The number of nitrogens with zero attached hydrogens (tertiary/aromatic N) is 2. The number of H-pyrrole nitrogens is 2. The summed E-state index contributed by atoms with van der Waals surface area (Å²) < 4.78 is 4.93. The van der Waals surface area contributed by atoms with Crippen molar-refractivity contribution in [2.24, 2.45) is 5.92 Å². The first-order chi connectivity index (χ1) is 14.6. The largest absolute Gasteiger partial charge is 0.466 e. The van der Waals surface area contributed by atoms with Gasteiger partial charge in [-0.1, -0.05) is 35.3 Å². The molecule has 0 spiro atoms. The molecule has 2 aromatic heterocycles. The third-order valence-electron chi connectivity index (χ3n) is 5.61. The van der Waals surface area contributed by atoms with Gasteiger partial charge in [0.1, 0.15) is 11.9 Å². The van der Waals surface area contributed by atoms with Gasteiger partial charge in [-0.2, -0.15) is 0 Å². The zero-order chi connectivity index (χ0) is 20.9. The second-order valence-corrected chi connectivity index (χ2v) is 7.72. The van der Waals surface area contributed by atoms with E-state index in [0.717, 1.165) is 38.2 Å². The molecule has 0 radical (unpaired) electrons. The summed E-state index contributed by atoms with van der Waals surface area (Å²) in [7, 11) is 0. The van der Waals surface area contributed by atoms with Crippen LogP contribution in [0.1, 0.15) is 31.0 Å². The van der Waals surface area contributed by atoms with E-state index in [-0.39, 0.29) is 24.3 Å². The molecule has 1 fully saturated rings. The lowest BCUT2D eigenvalue weighted by Crippen LogP contribution is -2.38. The first-order valence-corrected chi connectivity index (χ1v) is 10.5. The van der Waals surface area contributed by atoms with Crippen LogP contribution in [0.25, 0.3) is 11.2 Å². The number of pyridine rings is 1. The highest BCUT2D eigenvalue weighted by Gasteiger charge is 2.24. The average Bonchev–Trinajstić information content (AvgIpc) is 2.75. The quantitative estimate of drug-likeness (QED) is 0.634. The molecule has 0 aliphatic carbocycles. The maximum Gasteiger partial charge on any atom is 0.313 e. The van der Waals surface area contributed by atoms with Crippen molar-refractivity contribution in [1.82, 2.24) is 9.97 Å². The second kappa shape index (κ2) is 9.07. The normalized spacial score (nSPS) is 14.8. The molecule has 4 rings (SSSR count). The van der Waals surface area contributed by atoms with Crippen molar-refractivity contribution in [2.45, 2.75) is 32.6 Å². The van der Waals surface area contributed by atoms with Crippen molar-refractivity contribution in [1.29, 1.82) is 0 Å². The Morgan fingerprint density at radius 3 is 2.70 bits per heavy atom. The molecular formula is C23H27N4O3+. The van der Waals surface area contributed by atoms with E-state index in [1.165, 1.54) is 5.56 Å². The molecule has 2 N–H and O–H groups in total. The first-order valence-electron chi connectivity index (χ1n) is 10.5. The van der Waals surface area contributed by atoms with E-state index in [4.69, 9.17) is 4.74 Å². The average molecular weight is 407 g/mol. The van der Waals surface area contributed by atoms with Gasteiger partial charge < -0.3 is 9.72 Å². The molecule has 0 saturated carbocycles. The van der Waals surface area contributed by atoms with Crippen molar-refractivity contribution in [3.63, 3.8) is 0 Å². The Hall–Kier alpha value is -3.22. The summed E-state index contributed by atoms with van der Waals surface area (Å²) in [4.78, 5) is 36.8. The molecule has 1 aromatic carbocycles. The molecular weight excluding hydrogens is 380 g/mol. The van der Waals surface area contributed by atoms with Crippen LogP contribution in [0.3, 0.4) is 0 Å². The molecule has 1 aliphatic rings. The van der Waals surface area contributed by atoms with Gasteiger partial charge in [-0.3, -0.25) is 14.5 Å². The van der Waals surface area contributed by atoms with Gasteiger partial charge in [0, 0.05) is 6.07 Å². The van der Waals surface area contributed by atoms with Crippen molar-refractivity contribution in [3.8, 4) is 0 Å². The lowest BCUT2D eigenvalue weighted by atomic mass is 9.90. The number of carbonyl (C=O) groups is 1. The Kier molecular flexibility index (Phi) is 6.07. The van der Waals surface area contributed by atoms with Gasteiger partial charge in [-0.15, -0.1) is 0 Å². The van der Waals surface area contributed by atoms with Crippen LogP contribution in [-0.2, 0) is 22.4 Å². The van der Waals surface area contributed by atoms with E-state index in [9.17, 15) is 9.59 Å². The van der Waals surface area contributed by atoms with Gasteiger partial charge >= 0.3 is 5.97 Å². The number of fused-ring (bicyclic) bond motifs is 1. The monoisotopic (exact) mass is 407 g/mol. The number of aromatic nitrogens is 3. The third kappa shape index (κ3) is 4.67. The van der Waals surface area contributed by atoms with Crippen LogP contribution in [0.5, 0.6) is 0 Å². The molecule has 0 bridgehead atoms. The van der Waals surface area contributed by atoms with E-state index in [0.29, 0.717) is 17.1 Å². The highest BCUT2D eigenvalue weighted by atomic mass is 16.5. The molecule has 1 saturated heterocycles. The van der Waals surface area contributed by atoms with Gasteiger partial charge in [-0.05, 0) is 43.7 Å². The summed E-state index contributed by atoms with van der Waals surface area (Å²) in [6, 6.07) is 14.5. The van der Waals surface area contributed by atoms with Crippen LogP contribution in [0, 0.1) is 5.92 Å². The minimum atomic E-state index is -0.452. The van der Waals surface area contributed by atoms with Crippen LogP contribution in [0.2, 0.25) is 0 Å². The Bertz CT molecular complexity index is 1070. The summed E-state index contributed by atoms with van der Waals surface area (Å²) in [5.41, 5.74) is 2.39. The van der Waals surface area contributed by atoms with E-state index in [1.54, 1.807) is 6.92 Å². The van der Waals surface area contributed by atoms with Crippen LogP contribution < -0.4 is 15.4 Å². The molecule has 156 valence electrons. The molecule has 7 heteroatoms. The van der Waals surface area contributed by atoms with E-state index in [1.807, 2.05) is 12.1 Å². The number of nitrogens with one attached hydrogen (secondary N) is 2. The fraction of sp³-hybridized carbons (Fsp3) is 0.391. The van der Waals surface area contributed by atoms with Crippen LogP contribution in [-0.4, -0.2) is 35.6 Å². The fourth-order valence-electron chi connectivity index (χ4n) is 4.02. The van der Waals surface area contributed by atoms with Gasteiger partial charge in [0.15, 0.2) is 5.69 Å². The standard InChI is InChI=1S/C23H26N4O3/c1-2-30-21(28)15-19-23(29)25-18-8-9-20(26-22(18)24-19)27-12-10-17(11-13-27)14-16-6-4-3-5-7-16/h3-9,17H,2,10-15H2,1H3,(H,25,29)/p+1. The zero-order valence-corrected chi connectivity index (χ0v) is 17.2. The summed E-state index contributed by atoms with van der Waals surface area (Å²) in [6.07, 6.45) is 3.25. The number of hydrogen-bond acceptors (Lipinski definition) is 5. The molecule has 0 unspecified atom stereocenters. The topological polar surface area (TPSA) is 89.4 Å². The summed E-state index contributed by atoms with van der Waals surface area (Å²) in [5.74, 6) is 1.21. The fourth-order valence-corrected chi connectivity index (χ4v) is 4.02. The Labute approximate surface area is 175 Å². The summed E-state index contributed by atoms with van der Waals surface area (Å²) in [5, 5.41) is 0. The zero-order valence-electron chi connectivity index (χ0n) is 17.2. The number of aromatic amines is 2. The van der Waals surface area contributed by atoms with Gasteiger partial charge in [0.05, 0.1) is 19.7 Å². The van der Waals surface area contributed by atoms with Crippen molar-refractivity contribution in [2.75, 3.05) is 24.6 Å². The van der Waals surface area contributed by atoms with Gasteiger partial charge in [0.2, 0.25) is 5.82 Å². The highest BCUT2D eigenvalue weighted by Crippen LogP contribution is 2.24. The minimum Gasteiger partial charge on any atom is -0.466 e. The maximum atomic E-state index is 12.2. The van der Waals surface area contributed by atoms with Gasteiger partial charge in [-0.25, -0.2) is 4.98 Å². The Balaban J connectivity index is 1.46. The Morgan fingerprint density at radius 1 is 1.20 bits per heavy atom. The molecule has 7 nitrogen and oxygen atoms in total. The number of ether oxygens (including phenoxy) is 1. The number of benzene rings is 1. The number of hydrogen-bond donors (Lipinski definition) is 1. The molecule has 3 aromatic rings. The highest BCUT2D eigenvalue weighted by molar-refractivity contribution is 5.73. The van der Waals surface area contributed by atoms with Crippen LogP contribution >= 0.6 is 0 Å². The van der Waals surface area contributed by atoms with Crippen molar-refractivity contribution in [3.05, 3.63) is 64.1 Å². The molecule has 1 aliphatic heterocycles. The van der Waals surface area contributed by atoms with Crippen LogP contribution in [0.15, 0.2) is 47.3 Å². The van der Waals surface area contributed by atoms with Gasteiger partial charge in [0.25, 0.3) is 11.2 Å².